The van der Waals surface area contributed by atoms with Gasteiger partial charge in [-0.15, -0.1) is 0 Å². The molecule has 302 valence electrons. The Labute approximate surface area is 375 Å². The average molecular weight is 817 g/mol. The van der Waals surface area contributed by atoms with E-state index < -0.39 is 5.41 Å². The molecular formula is C62H44N2. The molecule has 0 radical (unpaired) electrons. The summed E-state index contributed by atoms with van der Waals surface area (Å²) in [4.78, 5) is 5.09. The number of fused-ring (bicyclic) bond motifs is 13. The lowest BCUT2D eigenvalue weighted by Crippen LogP contribution is -2.33. The van der Waals surface area contributed by atoms with Gasteiger partial charge in [0.05, 0.1) is 28.2 Å². The van der Waals surface area contributed by atoms with Crippen molar-refractivity contribution in [2.75, 3.05) is 9.80 Å². The summed E-state index contributed by atoms with van der Waals surface area (Å²) in [7, 11) is 0. The van der Waals surface area contributed by atoms with Crippen molar-refractivity contribution in [2.45, 2.75) is 24.7 Å². The number of hydrogen-bond acceptors (Lipinski definition) is 2. The highest BCUT2D eigenvalue weighted by Gasteiger charge is 2.52. The normalized spacial score (nSPS) is 14.3. The standard InChI is InChI=1S/C62H44N2/c1-61(2)54-32-17-18-33-56(54)64(60-45-25-10-9-22-42(45)36-38-46(60)41-20-5-3-6-21-41)58-35-19-34-57(59(58)61)63(43-23-7-4-8-24-43)44-37-39-50-49-28-13-16-31-53(49)62(55(50)40-44)51-29-14-11-26-47(51)48-27-12-15-30-52(48)62/h3-40H,1-2H3. The minimum atomic E-state index is -0.454. The van der Waals surface area contributed by atoms with Crippen LogP contribution in [0.2, 0.25) is 0 Å². The summed E-state index contributed by atoms with van der Waals surface area (Å²) in [6, 6.07) is 85.8. The van der Waals surface area contributed by atoms with E-state index in [-0.39, 0.29) is 5.41 Å². The van der Waals surface area contributed by atoms with Crippen LogP contribution >= 0.6 is 0 Å². The second-order valence-electron chi connectivity index (χ2n) is 18.0. The second-order valence-corrected chi connectivity index (χ2v) is 18.0. The van der Waals surface area contributed by atoms with Crippen LogP contribution in [0.4, 0.5) is 34.1 Å². The first-order valence-corrected chi connectivity index (χ1v) is 22.4. The van der Waals surface area contributed by atoms with Gasteiger partial charge in [-0.1, -0.05) is 202 Å². The van der Waals surface area contributed by atoms with E-state index in [4.69, 9.17) is 0 Å². The molecule has 2 aliphatic carbocycles. The molecule has 0 unspecified atom stereocenters. The molecule has 0 saturated carbocycles. The molecule has 0 saturated heterocycles. The zero-order valence-electron chi connectivity index (χ0n) is 35.8. The Bertz CT molecular complexity index is 3430. The molecule has 0 N–H and O–H groups in total. The Balaban J connectivity index is 1.10. The Morgan fingerprint density at radius 3 is 1.59 bits per heavy atom. The highest BCUT2D eigenvalue weighted by atomic mass is 15.2. The molecule has 1 aliphatic heterocycles. The lowest BCUT2D eigenvalue weighted by molar-refractivity contribution is 0.632. The van der Waals surface area contributed by atoms with Crippen LogP contribution in [0.15, 0.2) is 231 Å². The lowest BCUT2D eigenvalue weighted by atomic mass is 9.70. The summed E-state index contributed by atoms with van der Waals surface area (Å²) in [5.74, 6) is 0. The van der Waals surface area contributed by atoms with Crippen molar-refractivity contribution < 1.29 is 0 Å². The molecule has 0 aromatic heterocycles. The van der Waals surface area contributed by atoms with Gasteiger partial charge in [0.25, 0.3) is 0 Å². The lowest BCUT2D eigenvalue weighted by Gasteiger charge is -2.45. The molecule has 0 amide bonds. The molecule has 2 nitrogen and oxygen atoms in total. The molecule has 13 rings (SSSR count). The predicted octanol–water partition coefficient (Wildman–Crippen LogP) is 16.4. The van der Waals surface area contributed by atoms with Crippen molar-refractivity contribution >= 4 is 44.9 Å². The monoisotopic (exact) mass is 816 g/mol. The van der Waals surface area contributed by atoms with E-state index in [1.807, 2.05) is 0 Å². The Morgan fingerprint density at radius 1 is 0.375 bits per heavy atom. The van der Waals surface area contributed by atoms with Crippen LogP contribution in [0.25, 0.3) is 44.2 Å². The molecular weight excluding hydrogens is 773 g/mol. The SMILES string of the molecule is CC1(C)c2ccccc2N(c2c(-c3ccccc3)ccc3ccccc23)c2cccc(N(c3ccccc3)c3ccc4c(c3)C3(c5ccccc5-c5ccccc53)c3ccccc3-4)c21. The topological polar surface area (TPSA) is 6.48 Å². The fraction of sp³-hybridized carbons (Fsp3) is 0.0645. The van der Waals surface area contributed by atoms with Crippen LogP contribution in [0.5, 0.6) is 0 Å². The van der Waals surface area contributed by atoms with E-state index in [9.17, 15) is 0 Å². The van der Waals surface area contributed by atoms with Gasteiger partial charge in [-0.2, -0.15) is 0 Å². The van der Waals surface area contributed by atoms with Crippen molar-refractivity contribution in [3.8, 4) is 33.4 Å². The molecule has 0 bridgehead atoms. The highest BCUT2D eigenvalue weighted by Crippen LogP contribution is 2.64. The maximum Gasteiger partial charge on any atom is 0.0726 e. The van der Waals surface area contributed by atoms with E-state index in [2.05, 4.69) is 254 Å². The molecule has 0 atom stereocenters. The quantitative estimate of drug-likeness (QED) is 0.171. The molecule has 10 aromatic rings. The molecule has 10 aromatic carbocycles. The van der Waals surface area contributed by atoms with E-state index in [1.54, 1.807) is 0 Å². The van der Waals surface area contributed by atoms with E-state index in [1.165, 1.54) is 94.6 Å². The zero-order valence-corrected chi connectivity index (χ0v) is 35.8. The van der Waals surface area contributed by atoms with Gasteiger partial charge >= 0.3 is 0 Å². The number of anilines is 6. The summed E-state index contributed by atoms with van der Waals surface area (Å²) in [5, 5.41) is 2.43. The van der Waals surface area contributed by atoms with Crippen molar-refractivity contribution in [2.24, 2.45) is 0 Å². The zero-order chi connectivity index (χ0) is 42.6. The third-order valence-electron chi connectivity index (χ3n) is 14.4. The number of benzene rings is 10. The van der Waals surface area contributed by atoms with Crippen molar-refractivity contribution in [3.05, 3.63) is 264 Å². The van der Waals surface area contributed by atoms with Crippen LogP contribution < -0.4 is 9.80 Å². The third kappa shape index (κ3) is 4.97. The minimum Gasteiger partial charge on any atom is -0.310 e. The van der Waals surface area contributed by atoms with Gasteiger partial charge in [0.15, 0.2) is 0 Å². The van der Waals surface area contributed by atoms with Gasteiger partial charge in [0, 0.05) is 33.3 Å². The number of para-hydroxylation sites is 2. The first-order valence-electron chi connectivity index (χ1n) is 22.4. The van der Waals surface area contributed by atoms with Gasteiger partial charge in [-0.25, -0.2) is 0 Å². The summed E-state index contributed by atoms with van der Waals surface area (Å²) < 4.78 is 0. The number of rotatable bonds is 5. The van der Waals surface area contributed by atoms with E-state index >= 15 is 0 Å². The molecule has 1 spiro atoms. The second kappa shape index (κ2) is 13.8. The maximum atomic E-state index is 2.56. The summed E-state index contributed by atoms with van der Waals surface area (Å²) in [6.45, 7) is 4.83. The molecule has 3 aliphatic rings. The maximum absolute atomic E-state index is 2.56. The molecule has 2 heteroatoms. The summed E-state index contributed by atoms with van der Waals surface area (Å²) in [6.07, 6.45) is 0. The molecule has 1 heterocycles. The van der Waals surface area contributed by atoms with Gasteiger partial charge in [-0.05, 0) is 103 Å². The molecule has 0 fully saturated rings. The molecule has 64 heavy (non-hydrogen) atoms. The fourth-order valence-electron chi connectivity index (χ4n) is 11.8. The van der Waals surface area contributed by atoms with Crippen LogP contribution in [0, 0.1) is 0 Å². The Kier molecular flexibility index (Phi) is 7.90. The Morgan fingerprint density at radius 2 is 0.906 bits per heavy atom. The van der Waals surface area contributed by atoms with Gasteiger partial charge in [0.2, 0.25) is 0 Å². The largest absolute Gasteiger partial charge is 0.310 e. The predicted molar refractivity (Wildman–Crippen MR) is 267 cm³/mol. The van der Waals surface area contributed by atoms with Crippen LogP contribution in [0.1, 0.15) is 47.2 Å². The third-order valence-corrected chi connectivity index (χ3v) is 14.4. The average Bonchev–Trinajstić information content (AvgIpc) is 3.82. The number of hydrogen-bond donors (Lipinski definition) is 0. The van der Waals surface area contributed by atoms with Gasteiger partial charge in [0.1, 0.15) is 0 Å². The summed E-state index contributed by atoms with van der Waals surface area (Å²) in [5.41, 5.74) is 21.7. The Hall–Kier alpha value is -7.94. The first kappa shape index (κ1) is 36.7. The van der Waals surface area contributed by atoms with Gasteiger partial charge < -0.3 is 9.80 Å². The highest BCUT2D eigenvalue weighted by molar-refractivity contribution is 6.08. The fourth-order valence-corrected chi connectivity index (χ4v) is 11.8. The van der Waals surface area contributed by atoms with Crippen molar-refractivity contribution in [1.82, 2.24) is 0 Å². The first-order chi connectivity index (χ1) is 31.5. The van der Waals surface area contributed by atoms with E-state index in [0.29, 0.717) is 0 Å². The van der Waals surface area contributed by atoms with Gasteiger partial charge in [-0.3, -0.25) is 0 Å². The number of nitrogens with zero attached hydrogens (tertiary/aromatic N) is 2. The summed E-state index contributed by atoms with van der Waals surface area (Å²) >= 11 is 0. The van der Waals surface area contributed by atoms with Crippen LogP contribution in [0.3, 0.4) is 0 Å². The van der Waals surface area contributed by atoms with E-state index in [0.717, 1.165) is 17.1 Å². The van der Waals surface area contributed by atoms with Crippen molar-refractivity contribution in [3.63, 3.8) is 0 Å². The smallest absolute Gasteiger partial charge is 0.0726 e. The van der Waals surface area contributed by atoms with Crippen molar-refractivity contribution in [1.29, 1.82) is 0 Å². The minimum absolute atomic E-state index is 0.374. The van der Waals surface area contributed by atoms with Crippen LogP contribution in [-0.2, 0) is 10.8 Å². The van der Waals surface area contributed by atoms with Crippen LogP contribution in [-0.4, -0.2) is 0 Å².